The molecule has 25 heavy (non-hydrogen) atoms. The van der Waals surface area contributed by atoms with Crippen molar-refractivity contribution < 1.29 is 49.0 Å². The Balaban J connectivity index is 0.00000182. The first-order chi connectivity index (χ1) is 11.5. The molecule has 0 bridgehead atoms. The Bertz CT molecular complexity index is 782. The Morgan fingerprint density at radius 1 is 1.48 bits per heavy atom. The van der Waals surface area contributed by atoms with E-state index in [9.17, 15) is 19.5 Å². The summed E-state index contributed by atoms with van der Waals surface area (Å²) in [5, 5.41) is 23.3. The van der Waals surface area contributed by atoms with Crippen molar-refractivity contribution in [2.45, 2.75) is 23.7 Å². The smallest absolute Gasteiger partial charge is 0.543 e. The number of aryl methyl sites for hydroxylation is 1. The maximum Gasteiger partial charge on any atom is 1.00 e. The summed E-state index contributed by atoms with van der Waals surface area (Å²) in [7, 11) is 1.69. The van der Waals surface area contributed by atoms with Crippen LogP contribution in [0.25, 0.3) is 0 Å². The van der Waals surface area contributed by atoms with Gasteiger partial charge in [-0.25, -0.2) is 4.68 Å². The average molecular weight is 372 g/mol. The second-order valence-electron chi connectivity index (χ2n) is 5.92. The topological polar surface area (TPSA) is 124 Å². The summed E-state index contributed by atoms with van der Waals surface area (Å²) in [5.41, 5.74) is 0.607. The van der Waals surface area contributed by atoms with Crippen LogP contribution in [-0.2, 0) is 21.4 Å². The molecule has 0 N–H and O–H groups in total. The zero-order valence-electron chi connectivity index (χ0n) is 13.7. The average Bonchev–Trinajstić information content (AvgIpc) is 3.11. The predicted molar refractivity (Wildman–Crippen MR) is 76.9 cm³/mol. The van der Waals surface area contributed by atoms with Crippen molar-refractivity contribution in [3.05, 3.63) is 11.3 Å². The van der Waals surface area contributed by atoms with Crippen LogP contribution < -0.4 is 34.7 Å². The first-order valence-corrected chi connectivity index (χ1v) is 8.36. The van der Waals surface area contributed by atoms with Gasteiger partial charge in [-0.2, -0.15) is 0 Å². The standard InChI is InChI=1S/C13H14N6O4S.Na/c1-17-13(14-15-16-17)24-4-7-6-2-3-18(5-20)10-8(6)19(11(10)21)9(7)12(22)23;/h5-6,8,10H,2-4H2,1H3,(H,22,23);/q;+1/p-1/t6?,8-,10+;/m1./s1. The maximum atomic E-state index is 12.3. The third-order valence-corrected chi connectivity index (χ3v) is 5.90. The summed E-state index contributed by atoms with van der Waals surface area (Å²) < 4.78 is 1.50. The number of hydrogen-bond donors (Lipinski definition) is 0. The molecule has 1 aromatic rings. The molecular weight excluding hydrogens is 359 g/mol. The molecule has 3 atom stereocenters. The minimum Gasteiger partial charge on any atom is -0.543 e. The van der Waals surface area contributed by atoms with E-state index in [1.54, 1.807) is 7.05 Å². The van der Waals surface area contributed by atoms with Crippen LogP contribution in [0.3, 0.4) is 0 Å². The molecule has 0 spiro atoms. The van der Waals surface area contributed by atoms with Crippen molar-refractivity contribution in [3.8, 4) is 0 Å². The SMILES string of the molecule is Cn1nnnc1SCC1=C(C(=O)[O-])N2C(=O)[C@@H]3[C@H]2C1CCN3C=O.[Na+]. The van der Waals surface area contributed by atoms with Gasteiger partial charge in [0.05, 0.1) is 17.7 Å². The van der Waals surface area contributed by atoms with Gasteiger partial charge in [-0.15, -0.1) is 5.10 Å². The molecule has 126 valence electrons. The summed E-state index contributed by atoms with van der Waals surface area (Å²) in [5.74, 6) is -1.43. The van der Waals surface area contributed by atoms with E-state index in [1.807, 2.05) is 0 Å². The summed E-state index contributed by atoms with van der Waals surface area (Å²) >= 11 is 1.31. The van der Waals surface area contributed by atoms with Crippen molar-refractivity contribution in [3.63, 3.8) is 0 Å². The molecule has 0 aromatic carbocycles. The Morgan fingerprint density at radius 3 is 2.84 bits per heavy atom. The van der Waals surface area contributed by atoms with Crippen molar-refractivity contribution in [2.75, 3.05) is 12.3 Å². The fraction of sp³-hybridized carbons (Fsp3) is 0.538. The zero-order valence-corrected chi connectivity index (χ0v) is 16.5. The van der Waals surface area contributed by atoms with Gasteiger partial charge >= 0.3 is 29.6 Å². The van der Waals surface area contributed by atoms with Crippen LogP contribution in [0, 0.1) is 5.92 Å². The molecule has 0 aliphatic carbocycles. The van der Waals surface area contributed by atoms with Crippen LogP contribution in [0.15, 0.2) is 16.4 Å². The third kappa shape index (κ3) is 2.60. The zero-order chi connectivity index (χ0) is 17.0. The Labute approximate surface area is 168 Å². The van der Waals surface area contributed by atoms with E-state index in [4.69, 9.17) is 0 Å². The molecule has 3 aliphatic rings. The predicted octanol–water partition coefficient (Wildman–Crippen LogP) is -5.62. The van der Waals surface area contributed by atoms with Crippen LogP contribution in [0.1, 0.15) is 6.42 Å². The van der Waals surface area contributed by atoms with Crippen molar-refractivity contribution in [2.24, 2.45) is 13.0 Å². The van der Waals surface area contributed by atoms with E-state index in [0.717, 1.165) is 0 Å². The number of piperidine rings is 1. The van der Waals surface area contributed by atoms with Gasteiger partial charge < -0.3 is 19.7 Å². The molecule has 2 fully saturated rings. The van der Waals surface area contributed by atoms with E-state index >= 15 is 0 Å². The summed E-state index contributed by atoms with van der Waals surface area (Å²) in [6, 6.07) is -0.854. The summed E-state index contributed by atoms with van der Waals surface area (Å²) in [6.07, 6.45) is 1.28. The molecule has 1 aromatic heterocycles. The Morgan fingerprint density at radius 2 is 2.24 bits per heavy atom. The number of β-lactam (4-membered cyclic amide) rings is 1. The number of aliphatic carboxylic acids is 1. The normalized spacial score (nSPS) is 26.9. The number of hydrogen-bond acceptors (Lipinski definition) is 8. The fourth-order valence-electron chi connectivity index (χ4n) is 3.81. The Hall–Kier alpha value is -1.43. The first-order valence-electron chi connectivity index (χ1n) is 7.38. The van der Waals surface area contributed by atoms with Gasteiger partial charge in [-0.3, -0.25) is 9.59 Å². The van der Waals surface area contributed by atoms with E-state index in [1.165, 1.54) is 26.2 Å². The molecule has 12 heteroatoms. The van der Waals surface area contributed by atoms with Gasteiger partial charge in [-0.1, -0.05) is 11.8 Å². The number of carbonyl (C=O) groups is 3. The van der Waals surface area contributed by atoms with Gasteiger partial charge in [0, 0.05) is 25.3 Å². The molecule has 0 saturated carbocycles. The van der Waals surface area contributed by atoms with Crippen molar-refractivity contribution >= 4 is 30.0 Å². The van der Waals surface area contributed by atoms with E-state index in [0.29, 0.717) is 35.9 Å². The van der Waals surface area contributed by atoms with E-state index < -0.39 is 12.0 Å². The van der Waals surface area contributed by atoms with Gasteiger partial charge in [0.25, 0.3) is 5.91 Å². The number of amides is 2. The Kier molecular flexibility index (Phi) is 4.93. The number of rotatable bonds is 5. The fourth-order valence-corrected chi connectivity index (χ4v) is 4.76. The molecule has 4 rings (SSSR count). The second kappa shape index (κ2) is 6.71. The molecule has 3 aliphatic heterocycles. The number of carboxylic acid groups (broad SMARTS) is 1. The molecule has 10 nitrogen and oxygen atoms in total. The van der Waals surface area contributed by atoms with Crippen LogP contribution in [-0.4, -0.2) is 72.7 Å². The maximum absolute atomic E-state index is 12.3. The minimum absolute atomic E-state index is 0. The van der Waals surface area contributed by atoms with Crippen molar-refractivity contribution in [1.82, 2.24) is 30.0 Å². The minimum atomic E-state index is -1.36. The number of thioether (sulfide) groups is 1. The molecule has 2 saturated heterocycles. The molecule has 4 heterocycles. The first kappa shape index (κ1) is 18.4. The number of nitrogens with zero attached hydrogens (tertiary/aromatic N) is 6. The number of tetrazole rings is 1. The van der Waals surface area contributed by atoms with Crippen LogP contribution in [0.4, 0.5) is 0 Å². The van der Waals surface area contributed by atoms with Crippen LogP contribution in [0.5, 0.6) is 0 Å². The van der Waals surface area contributed by atoms with Crippen LogP contribution >= 0.6 is 11.8 Å². The monoisotopic (exact) mass is 372 g/mol. The van der Waals surface area contributed by atoms with Crippen molar-refractivity contribution in [1.29, 1.82) is 0 Å². The van der Waals surface area contributed by atoms with Crippen LogP contribution in [0.2, 0.25) is 0 Å². The van der Waals surface area contributed by atoms with E-state index in [2.05, 4.69) is 15.5 Å². The number of aromatic nitrogens is 4. The van der Waals surface area contributed by atoms with Gasteiger partial charge in [0.15, 0.2) is 0 Å². The van der Waals surface area contributed by atoms with Gasteiger partial charge in [-0.05, 0) is 22.4 Å². The molecule has 1 unspecified atom stereocenters. The number of carbonyl (C=O) groups excluding carboxylic acids is 3. The number of carboxylic acids is 1. The third-order valence-electron chi connectivity index (χ3n) is 4.84. The number of likely N-dealkylation sites (tertiary alicyclic amines) is 1. The molecular formula is C13H13N6NaO4S. The molecule has 0 radical (unpaired) electrons. The quantitative estimate of drug-likeness (QED) is 0.217. The second-order valence-corrected chi connectivity index (χ2v) is 6.86. The van der Waals surface area contributed by atoms with Gasteiger partial charge in [0.1, 0.15) is 6.04 Å². The van der Waals surface area contributed by atoms with E-state index in [-0.39, 0.29) is 53.1 Å². The molecule has 2 amide bonds. The summed E-state index contributed by atoms with van der Waals surface area (Å²) in [6.45, 7) is 0.439. The van der Waals surface area contributed by atoms with Gasteiger partial charge in [0.2, 0.25) is 11.6 Å². The summed E-state index contributed by atoms with van der Waals surface area (Å²) in [4.78, 5) is 37.8. The largest absolute Gasteiger partial charge is 1.00 e.